The van der Waals surface area contributed by atoms with Crippen molar-refractivity contribution in [3.63, 3.8) is 0 Å². The summed E-state index contributed by atoms with van der Waals surface area (Å²) in [5.74, 6) is 0. The number of fused-ring (bicyclic) bond motifs is 8. The van der Waals surface area contributed by atoms with Gasteiger partial charge in [-0.2, -0.15) is 0 Å². The van der Waals surface area contributed by atoms with Crippen LogP contribution >= 0.6 is 0 Å². The van der Waals surface area contributed by atoms with Crippen molar-refractivity contribution >= 4 is 71.3 Å². The molecule has 9 aromatic carbocycles. The molecular formula is C48H31NO. The molecule has 0 saturated carbocycles. The van der Waals surface area contributed by atoms with Crippen molar-refractivity contribution in [2.75, 3.05) is 4.90 Å². The molecule has 234 valence electrons. The molecule has 0 aliphatic rings. The highest BCUT2D eigenvalue weighted by molar-refractivity contribution is 6.19. The minimum Gasteiger partial charge on any atom is -0.455 e. The van der Waals surface area contributed by atoms with Gasteiger partial charge in [0.2, 0.25) is 0 Å². The van der Waals surface area contributed by atoms with Gasteiger partial charge in [0.05, 0.1) is 24.7 Å². The first kappa shape index (κ1) is 15.7. The lowest BCUT2D eigenvalue weighted by atomic mass is 9.93. The second-order valence-electron chi connectivity index (χ2n) is 11.5. The molecule has 2 heteroatoms. The Kier molecular flexibility index (Phi) is 3.62. The third-order valence-electron chi connectivity index (χ3n) is 8.73. The van der Waals surface area contributed by atoms with E-state index >= 15 is 0 Å². The average molecular weight is 656 g/mol. The lowest BCUT2D eigenvalue weighted by Crippen LogP contribution is -2.09. The van der Waals surface area contributed by atoms with Crippen molar-refractivity contribution in [1.29, 1.82) is 0 Å². The van der Waals surface area contributed by atoms with Crippen LogP contribution in [0.25, 0.3) is 76.5 Å². The van der Waals surface area contributed by atoms with Gasteiger partial charge in [0.15, 0.2) is 0 Å². The molecule has 0 bridgehead atoms. The van der Waals surface area contributed by atoms with Crippen LogP contribution < -0.4 is 4.90 Å². The first-order valence-corrected chi connectivity index (χ1v) is 15.6. The van der Waals surface area contributed by atoms with E-state index in [4.69, 9.17) is 22.2 Å². The van der Waals surface area contributed by atoms with Gasteiger partial charge < -0.3 is 9.32 Å². The molecule has 0 spiro atoms. The summed E-state index contributed by atoms with van der Waals surface area (Å²) in [4.78, 5) is 1.01. The summed E-state index contributed by atoms with van der Waals surface area (Å²) >= 11 is 0. The monoisotopic (exact) mass is 655 g/mol. The van der Waals surface area contributed by atoms with Crippen LogP contribution in [0.5, 0.6) is 0 Å². The maximum absolute atomic E-state index is 9.60. The number of nitrogens with zero attached hydrogens (tertiary/aromatic N) is 1. The van der Waals surface area contributed by atoms with E-state index in [9.17, 15) is 6.85 Å². The lowest BCUT2D eigenvalue weighted by molar-refractivity contribution is 0.673. The molecule has 0 amide bonds. The van der Waals surface area contributed by atoms with E-state index in [-0.39, 0.29) is 11.3 Å². The second-order valence-corrected chi connectivity index (χ2v) is 11.5. The number of benzene rings is 9. The molecule has 2 nitrogen and oxygen atoms in total. The summed E-state index contributed by atoms with van der Waals surface area (Å²) in [6.07, 6.45) is 0. The molecule has 50 heavy (non-hydrogen) atoms. The van der Waals surface area contributed by atoms with E-state index in [0.29, 0.717) is 11.0 Å². The van der Waals surface area contributed by atoms with E-state index in [1.54, 1.807) is 6.07 Å². The van der Waals surface area contributed by atoms with Gasteiger partial charge in [0, 0.05) is 39.3 Å². The Labute approximate surface area is 315 Å². The minimum atomic E-state index is -0.884. The van der Waals surface area contributed by atoms with Crippen LogP contribution in [0.1, 0.15) is 24.7 Å². The quantitative estimate of drug-likeness (QED) is 0.172. The van der Waals surface area contributed by atoms with Crippen LogP contribution in [0, 0.1) is 0 Å². The molecule has 0 radical (unpaired) electrons. The second kappa shape index (κ2) is 11.5. The van der Waals surface area contributed by atoms with Crippen LogP contribution in [-0.4, -0.2) is 0 Å². The van der Waals surface area contributed by atoms with Gasteiger partial charge in [-0.05, 0) is 97.6 Å². The molecule has 0 saturated heterocycles. The zero-order valence-electron chi connectivity index (χ0n) is 43.9. The van der Waals surface area contributed by atoms with Gasteiger partial charge in [0.1, 0.15) is 11.2 Å². The van der Waals surface area contributed by atoms with E-state index in [2.05, 4.69) is 0 Å². The molecule has 1 aromatic heterocycles. The molecule has 0 aliphatic heterocycles. The topological polar surface area (TPSA) is 16.4 Å². The van der Waals surface area contributed by atoms with Crippen LogP contribution in [0.15, 0.2) is 192 Å². The highest BCUT2D eigenvalue weighted by Gasteiger charge is 2.18. The zero-order valence-corrected chi connectivity index (χ0v) is 25.9. The molecule has 0 unspecified atom stereocenters. The zero-order chi connectivity index (χ0) is 48.7. The molecule has 10 rings (SSSR count). The Bertz CT molecular complexity index is 3850. The number of rotatable bonds is 5. The van der Waals surface area contributed by atoms with Crippen molar-refractivity contribution in [3.05, 3.63) is 188 Å². The Hall–Kier alpha value is -6.64. The van der Waals surface area contributed by atoms with Gasteiger partial charge >= 0.3 is 0 Å². The van der Waals surface area contributed by atoms with Gasteiger partial charge in [-0.15, -0.1) is 0 Å². The van der Waals surface area contributed by atoms with Crippen LogP contribution in [0.4, 0.5) is 17.1 Å². The summed E-state index contributed by atoms with van der Waals surface area (Å²) in [5.41, 5.74) is 0.282. The summed E-state index contributed by atoms with van der Waals surface area (Å²) in [6.45, 7) is 0. The summed E-state index contributed by atoms with van der Waals surface area (Å²) in [7, 11) is 0. The van der Waals surface area contributed by atoms with Crippen LogP contribution in [-0.2, 0) is 0 Å². The number of furan rings is 1. The molecule has 0 N–H and O–H groups in total. The van der Waals surface area contributed by atoms with Crippen molar-refractivity contribution in [2.45, 2.75) is 0 Å². The predicted octanol–water partition coefficient (Wildman–Crippen LogP) is 13.8. The van der Waals surface area contributed by atoms with E-state index in [1.165, 1.54) is 12.1 Å². The molecular weight excluding hydrogens is 607 g/mol. The maximum Gasteiger partial charge on any atom is 0.143 e. The number of hydrogen-bond acceptors (Lipinski definition) is 2. The maximum atomic E-state index is 9.60. The average Bonchev–Trinajstić information content (AvgIpc) is 3.72. The van der Waals surface area contributed by atoms with Crippen molar-refractivity contribution in [2.24, 2.45) is 0 Å². The third kappa shape index (κ3) is 4.57. The first-order chi connectivity index (χ1) is 32.3. The van der Waals surface area contributed by atoms with E-state index in [0.717, 1.165) is 32.2 Å². The third-order valence-corrected chi connectivity index (χ3v) is 8.73. The van der Waals surface area contributed by atoms with E-state index in [1.807, 2.05) is 60.7 Å². The SMILES string of the molecule is [2H]c1c([2H])c([2H])c(N(c2ccc3c(c2)oc2c4ccccc4c(-c4ccccc4)cc32)c2c([2H])c([2H])c(-c3c([2H])c4c([2H])c([2H])c([2H])c([2H])c4c4c([2H])c([2H])c([2H])c([2H])c34)c([2H])c2[2H])c([2H])c1[2H]. The molecule has 0 aliphatic carbocycles. The Balaban J connectivity index is 1.30. The van der Waals surface area contributed by atoms with Crippen molar-refractivity contribution in [3.8, 4) is 22.3 Å². The fraction of sp³-hybridized carbons (Fsp3) is 0. The molecule has 10 aromatic rings. The number of para-hydroxylation sites is 1. The van der Waals surface area contributed by atoms with Gasteiger partial charge in [0.25, 0.3) is 0 Å². The smallest absolute Gasteiger partial charge is 0.143 e. The standard InChI is InChI=1S/C48H31NO/c1-3-13-32(14-4-1)45-31-46-42-28-27-37(30-47(42)50-48(46)43-22-12-11-21-41(43)45)49(35-16-5-2-6-17-35)36-25-23-33(24-26-36)44-29-34-15-7-8-18-38(34)39-19-9-10-20-40(39)44/h1-31H/i2D,5D,6D,7D,8D,9D,10D,15D,16D,17D,18D,19D,20D,23D,24D,25D,26D,29D. The van der Waals surface area contributed by atoms with E-state index < -0.39 is 153 Å². The van der Waals surface area contributed by atoms with Crippen molar-refractivity contribution < 1.29 is 29.1 Å². The van der Waals surface area contributed by atoms with Gasteiger partial charge in [-0.1, -0.05) is 133 Å². The lowest BCUT2D eigenvalue weighted by Gasteiger charge is -2.25. The Morgan fingerprint density at radius 3 is 1.92 bits per heavy atom. The van der Waals surface area contributed by atoms with Crippen LogP contribution in [0.3, 0.4) is 0 Å². The number of hydrogen-bond donors (Lipinski definition) is 0. The first-order valence-electron chi connectivity index (χ1n) is 24.6. The predicted molar refractivity (Wildman–Crippen MR) is 212 cm³/mol. The fourth-order valence-electron chi connectivity index (χ4n) is 6.51. The Morgan fingerprint density at radius 2 is 1.10 bits per heavy atom. The summed E-state index contributed by atoms with van der Waals surface area (Å²) in [6, 6.07) is 10.1. The number of anilines is 3. The summed E-state index contributed by atoms with van der Waals surface area (Å²) in [5, 5.41) is 1.21. The molecule has 0 fully saturated rings. The molecule has 0 atom stereocenters. The minimum absolute atomic E-state index is 0.00123. The van der Waals surface area contributed by atoms with Crippen molar-refractivity contribution in [1.82, 2.24) is 0 Å². The van der Waals surface area contributed by atoms with Gasteiger partial charge in [-0.25, -0.2) is 0 Å². The highest BCUT2D eigenvalue weighted by Crippen LogP contribution is 2.43. The highest BCUT2D eigenvalue weighted by atomic mass is 16.3. The largest absolute Gasteiger partial charge is 0.455 e. The fourth-order valence-corrected chi connectivity index (χ4v) is 6.51. The Morgan fingerprint density at radius 1 is 0.420 bits per heavy atom. The van der Waals surface area contributed by atoms with Crippen LogP contribution in [0.2, 0.25) is 0 Å². The summed E-state index contributed by atoms with van der Waals surface area (Å²) < 4.78 is 167. The van der Waals surface area contributed by atoms with Gasteiger partial charge in [-0.3, -0.25) is 0 Å². The molecule has 1 heterocycles. The normalized spacial score (nSPS) is 16.6.